The first kappa shape index (κ1) is 15.2. The number of hydrogen-bond acceptors (Lipinski definition) is 4. The summed E-state index contributed by atoms with van der Waals surface area (Å²) in [5, 5.41) is 12.3. The molecule has 21 heavy (non-hydrogen) atoms. The van der Waals surface area contributed by atoms with Crippen LogP contribution < -0.4 is 10.8 Å². The molecule has 2 amide bonds. The number of hydrogen-bond donors (Lipinski definition) is 3. The van der Waals surface area contributed by atoms with E-state index >= 15 is 0 Å². The molecule has 5 nitrogen and oxygen atoms in total. The third-order valence-electron chi connectivity index (χ3n) is 2.90. The van der Waals surface area contributed by atoms with Crippen LogP contribution in [-0.4, -0.2) is 17.0 Å². The second-order valence-electron chi connectivity index (χ2n) is 4.81. The first-order chi connectivity index (χ1) is 9.99. The number of thiophene rings is 1. The highest BCUT2D eigenvalue weighted by Crippen LogP contribution is 2.28. The van der Waals surface area contributed by atoms with E-state index in [0.717, 1.165) is 15.7 Å². The summed E-state index contributed by atoms with van der Waals surface area (Å²) < 4.78 is 0.911. The number of rotatable bonds is 5. The molecule has 6 heteroatoms. The quantitative estimate of drug-likeness (QED) is 0.450. The van der Waals surface area contributed by atoms with Crippen molar-refractivity contribution in [3.05, 3.63) is 41.3 Å². The van der Waals surface area contributed by atoms with Crippen molar-refractivity contribution in [2.75, 3.05) is 5.32 Å². The molecular weight excluding hydrogens is 288 g/mol. The normalized spacial score (nSPS) is 10.4. The number of hydroxylamine groups is 1. The lowest BCUT2D eigenvalue weighted by Crippen LogP contribution is -2.16. The Bertz CT molecular complexity index is 706. The minimum absolute atomic E-state index is 0.0686. The van der Waals surface area contributed by atoms with Gasteiger partial charge in [0.05, 0.1) is 4.88 Å². The zero-order chi connectivity index (χ0) is 15.4. The van der Waals surface area contributed by atoms with E-state index < -0.39 is 5.91 Å². The standard InChI is InChI=1S/C15H16N2O3S/c1-9(2)3-6-14(18)16-11-4-5-12-10(7-11)8-13(21-12)15(19)17-20/h4-5,7-8,20H,1,3,6H2,2H3,(H,16,18)(H,17,19). The van der Waals surface area contributed by atoms with Crippen LogP contribution in [0.25, 0.3) is 10.1 Å². The number of nitrogens with one attached hydrogen (secondary N) is 2. The molecule has 1 heterocycles. The smallest absolute Gasteiger partial charge is 0.284 e. The van der Waals surface area contributed by atoms with Crippen molar-refractivity contribution in [3.63, 3.8) is 0 Å². The van der Waals surface area contributed by atoms with Gasteiger partial charge in [-0.05, 0) is 43.0 Å². The lowest BCUT2D eigenvalue weighted by atomic mass is 10.2. The van der Waals surface area contributed by atoms with Gasteiger partial charge in [0.1, 0.15) is 0 Å². The van der Waals surface area contributed by atoms with Crippen molar-refractivity contribution in [3.8, 4) is 0 Å². The third kappa shape index (κ3) is 3.90. The fraction of sp³-hybridized carbons (Fsp3) is 0.200. The predicted octanol–water partition coefficient (Wildman–Crippen LogP) is 3.32. The van der Waals surface area contributed by atoms with E-state index in [9.17, 15) is 9.59 Å². The average Bonchev–Trinajstić information content (AvgIpc) is 2.87. The molecule has 2 rings (SSSR count). The summed E-state index contributed by atoms with van der Waals surface area (Å²) in [6.45, 7) is 5.65. The summed E-state index contributed by atoms with van der Waals surface area (Å²) in [7, 11) is 0. The van der Waals surface area contributed by atoms with E-state index in [1.807, 2.05) is 13.0 Å². The van der Waals surface area contributed by atoms with Gasteiger partial charge in [0.25, 0.3) is 5.91 Å². The van der Waals surface area contributed by atoms with Crippen molar-refractivity contribution in [1.29, 1.82) is 0 Å². The minimum Gasteiger partial charge on any atom is -0.326 e. The highest BCUT2D eigenvalue weighted by molar-refractivity contribution is 7.20. The zero-order valence-corrected chi connectivity index (χ0v) is 12.4. The number of allylic oxidation sites excluding steroid dienone is 1. The molecule has 1 aromatic heterocycles. The molecule has 0 aliphatic heterocycles. The van der Waals surface area contributed by atoms with Crippen molar-refractivity contribution in [1.82, 2.24) is 5.48 Å². The van der Waals surface area contributed by atoms with E-state index in [1.165, 1.54) is 11.3 Å². The molecule has 1 aromatic carbocycles. The first-order valence-electron chi connectivity index (χ1n) is 6.42. The van der Waals surface area contributed by atoms with Crippen LogP contribution in [0.3, 0.4) is 0 Å². The van der Waals surface area contributed by atoms with E-state index in [-0.39, 0.29) is 5.91 Å². The fourth-order valence-corrected chi connectivity index (χ4v) is 2.77. The van der Waals surface area contributed by atoms with Crippen LogP contribution in [0.1, 0.15) is 29.4 Å². The van der Waals surface area contributed by atoms with Crippen LogP contribution in [0.4, 0.5) is 5.69 Å². The Labute approximate surface area is 126 Å². The number of amides is 2. The second kappa shape index (κ2) is 6.51. The van der Waals surface area contributed by atoms with Crippen LogP contribution in [0.15, 0.2) is 36.4 Å². The molecule has 0 spiro atoms. The van der Waals surface area contributed by atoms with E-state index in [1.54, 1.807) is 23.7 Å². The first-order valence-corrected chi connectivity index (χ1v) is 7.23. The number of carbonyl (C=O) groups excluding carboxylic acids is 2. The Kier molecular flexibility index (Phi) is 4.72. The molecule has 0 bridgehead atoms. The zero-order valence-electron chi connectivity index (χ0n) is 11.6. The van der Waals surface area contributed by atoms with Gasteiger partial charge >= 0.3 is 0 Å². The highest BCUT2D eigenvalue weighted by Gasteiger charge is 2.10. The monoisotopic (exact) mass is 304 g/mol. The molecule has 0 saturated carbocycles. The van der Waals surface area contributed by atoms with Crippen LogP contribution >= 0.6 is 11.3 Å². The van der Waals surface area contributed by atoms with Crippen LogP contribution in [0.2, 0.25) is 0 Å². The number of fused-ring (bicyclic) bond motifs is 1. The summed E-state index contributed by atoms with van der Waals surface area (Å²) in [6.07, 6.45) is 1.06. The van der Waals surface area contributed by atoms with Crippen molar-refractivity contribution >= 4 is 38.9 Å². The van der Waals surface area contributed by atoms with Gasteiger partial charge in [-0.2, -0.15) is 0 Å². The number of carbonyl (C=O) groups is 2. The average molecular weight is 304 g/mol. The Morgan fingerprint density at radius 1 is 1.29 bits per heavy atom. The van der Waals surface area contributed by atoms with E-state index in [2.05, 4.69) is 11.9 Å². The Hall–Kier alpha value is -2.18. The van der Waals surface area contributed by atoms with E-state index in [0.29, 0.717) is 23.4 Å². The lowest BCUT2D eigenvalue weighted by Gasteiger charge is -2.05. The Morgan fingerprint density at radius 3 is 2.71 bits per heavy atom. The van der Waals surface area contributed by atoms with Crippen LogP contribution in [0, 0.1) is 0 Å². The molecule has 0 fully saturated rings. The minimum atomic E-state index is -0.539. The third-order valence-corrected chi connectivity index (χ3v) is 4.02. The molecule has 3 N–H and O–H groups in total. The van der Waals surface area contributed by atoms with Gasteiger partial charge in [-0.25, -0.2) is 5.48 Å². The second-order valence-corrected chi connectivity index (χ2v) is 5.89. The van der Waals surface area contributed by atoms with Gasteiger partial charge in [0.15, 0.2) is 0 Å². The van der Waals surface area contributed by atoms with Gasteiger partial charge in [0, 0.05) is 16.8 Å². The van der Waals surface area contributed by atoms with Crippen molar-refractivity contribution < 1.29 is 14.8 Å². The topological polar surface area (TPSA) is 78.4 Å². The molecule has 0 saturated heterocycles. The lowest BCUT2D eigenvalue weighted by molar-refractivity contribution is -0.116. The molecule has 0 atom stereocenters. The molecule has 0 aliphatic rings. The SMILES string of the molecule is C=C(C)CCC(=O)Nc1ccc2sc(C(=O)NO)cc2c1. The molecular formula is C15H16N2O3S. The molecule has 2 aromatic rings. The summed E-state index contributed by atoms with van der Waals surface area (Å²) in [5.41, 5.74) is 3.26. The number of anilines is 1. The fourth-order valence-electron chi connectivity index (χ4n) is 1.84. The largest absolute Gasteiger partial charge is 0.326 e. The van der Waals surface area contributed by atoms with Gasteiger partial charge in [-0.3, -0.25) is 14.8 Å². The van der Waals surface area contributed by atoms with Gasteiger partial charge in [-0.15, -0.1) is 17.9 Å². The van der Waals surface area contributed by atoms with Gasteiger partial charge < -0.3 is 5.32 Å². The molecule has 110 valence electrons. The summed E-state index contributed by atoms with van der Waals surface area (Å²) >= 11 is 1.28. The van der Waals surface area contributed by atoms with Gasteiger partial charge in [0.2, 0.25) is 5.91 Å². The Morgan fingerprint density at radius 2 is 2.05 bits per heavy atom. The maximum atomic E-state index is 11.8. The molecule has 0 aliphatic carbocycles. The van der Waals surface area contributed by atoms with Crippen molar-refractivity contribution in [2.45, 2.75) is 19.8 Å². The predicted molar refractivity (Wildman–Crippen MR) is 83.8 cm³/mol. The molecule has 0 unspecified atom stereocenters. The Balaban J connectivity index is 2.13. The summed E-state index contributed by atoms with van der Waals surface area (Å²) in [4.78, 5) is 23.5. The maximum Gasteiger partial charge on any atom is 0.284 e. The van der Waals surface area contributed by atoms with Gasteiger partial charge in [-0.1, -0.05) is 5.57 Å². The van der Waals surface area contributed by atoms with Crippen molar-refractivity contribution in [2.24, 2.45) is 0 Å². The number of benzene rings is 1. The summed E-state index contributed by atoms with van der Waals surface area (Å²) in [6, 6.07) is 7.11. The molecule has 0 radical (unpaired) electrons. The highest BCUT2D eigenvalue weighted by atomic mass is 32.1. The summed E-state index contributed by atoms with van der Waals surface area (Å²) in [5.74, 6) is -0.607. The van der Waals surface area contributed by atoms with Crippen LogP contribution in [0.5, 0.6) is 0 Å². The maximum absolute atomic E-state index is 11.8. The van der Waals surface area contributed by atoms with E-state index in [4.69, 9.17) is 5.21 Å². The van der Waals surface area contributed by atoms with Crippen LogP contribution in [-0.2, 0) is 4.79 Å².